The lowest BCUT2D eigenvalue weighted by molar-refractivity contribution is -0.122. The molecule has 1 aliphatic heterocycles. The molecule has 8 heteroatoms. The fraction of sp³-hybridized carbons (Fsp3) is 0.909. The highest BCUT2D eigenvalue weighted by atomic mass is 32.2. The SMILES string of the molecule is CC(C)CNC(=O)C(C)NS(=O)(=O)N1CCNCC1. The first kappa shape index (κ1) is 16.4. The molecule has 0 aromatic rings. The number of carbonyl (C=O) groups excluding carboxylic acids is 1. The van der Waals surface area contributed by atoms with Crippen LogP contribution in [0.3, 0.4) is 0 Å². The van der Waals surface area contributed by atoms with Crippen molar-refractivity contribution in [1.82, 2.24) is 19.7 Å². The molecule has 0 saturated carbocycles. The summed E-state index contributed by atoms with van der Waals surface area (Å²) in [7, 11) is -3.58. The molecule has 0 radical (unpaired) electrons. The summed E-state index contributed by atoms with van der Waals surface area (Å²) in [4.78, 5) is 11.7. The van der Waals surface area contributed by atoms with Crippen LogP contribution < -0.4 is 15.4 Å². The van der Waals surface area contributed by atoms with Crippen molar-refractivity contribution in [3.05, 3.63) is 0 Å². The highest BCUT2D eigenvalue weighted by Crippen LogP contribution is 2.01. The Morgan fingerprint density at radius 3 is 2.37 bits per heavy atom. The van der Waals surface area contributed by atoms with Crippen molar-refractivity contribution in [1.29, 1.82) is 0 Å². The van der Waals surface area contributed by atoms with Crippen LogP contribution in [0.25, 0.3) is 0 Å². The van der Waals surface area contributed by atoms with Gasteiger partial charge in [0.15, 0.2) is 0 Å². The van der Waals surface area contributed by atoms with Gasteiger partial charge in [-0.3, -0.25) is 4.79 Å². The normalized spacial score (nSPS) is 19.4. The van der Waals surface area contributed by atoms with Crippen molar-refractivity contribution in [2.24, 2.45) is 5.92 Å². The Morgan fingerprint density at radius 1 is 1.26 bits per heavy atom. The molecule has 1 saturated heterocycles. The van der Waals surface area contributed by atoms with Gasteiger partial charge in [-0.25, -0.2) is 0 Å². The average Bonchev–Trinajstić information content (AvgIpc) is 2.36. The number of nitrogens with one attached hydrogen (secondary N) is 3. The molecule has 19 heavy (non-hydrogen) atoms. The van der Waals surface area contributed by atoms with Gasteiger partial charge in [0.05, 0.1) is 6.04 Å². The Kier molecular flexibility index (Phi) is 6.18. The number of hydrogen-bond acceptors (Lipinski definition) is 4. The van der Waals surface area contributed by atoms with Crippen molar-refractivity contribution >= 4 is 16.1 Å². The van der Waals surface area contributed by atoms with E-state index in [1.165, 1.54) is 4.31 Å². The van der Waals surface area contributed by atoms with Crippen molar-refractivity contribution in [3.8, 4) is 0 Å². The molecule has 1 aliphatic rings. The van der Waals surface area contributed by atoms with Crippen molar-refractivity contribution in [3.63, 3.8) is 0 Å². The maximum absolute atomic E-state index is 12.0. The Balaban J connectivity index is 2.49. The third-order valence-electron chi connectivity index (χ3n) is 2.82. The molecule has 0 bridgehead atoms. The molecular formula is C11H24N4O3S. The molecule has 1 fully saturated rings. The van der Waals surface area contributed by atoms with Gasteiger partial charge in [0.1, 0.15) is 0 Å². The largest absolute Gasteiger partial charge is 0.354 e. The molecule has 3 N–H and O–H groups in total. The minimum atomic E-state index is -3.58. The first-order valence-electron chi connectivity index (χ1n) is 6.58. The molecule has 0 aromatic carbocycles. The number of rotatable bonds is 6. The van der Waals surface area contributed by atoms with Crippen LogP contribution >= 0.6 is 0 Å². The number of piperazine rings is 1. The van der Waals surface area contributed by atoms with E-state index in [1.807, 2.05) is 13.8 Å². The van der Waals surface area contributed by atoms with E-state index < -0.39 is 16.3 Å². The Bertz CT molecular complexity index is 391. The van der Waals surface area contributed by atoms with Crippen LogP contribution in [0.15, 0.2) is 0 Å². The summed E-state index contributed by atoms with van der Waals surface area (Å²) in [6, 6.07) is -0.765. The summed E-state index contributed by atoms with van der Waals surface area (Å²) in [6.07, 6.45) is 0. The molecule has 1 atom stereocenters. The molecule has 0 spiro atoms. The third-order valence-corrected chi connectivity index (χ3v) is 4.52. The van der Waals surface area contributed by atoms with Gasteiger partial charge in [-0.1, -0.05) is 13.8 Å². The van der Waals surface area contributed by atoms with Gasteiger partial charge in [-0.05, 0) is 12.8 Å². The van der Waals surface area contributed by atoms with E-state index >= 15 is 0 Å². The number of carbonyl (C=O) groups is 1. The van der Waals surface area contributed by atoms with Gasteiger partial charge in [-0.2, -0.15) is 17.4 Å². The second-order valence-electron chi connectivity index (χ2n) is 5.13. The Labute approximate surface area is 115 Å². The smallest absolute Gasteiger partial charge is 0.280 e. The summed E-state index contributed by atoms with van der Waals surface area (Å²) in [5.74, 6) is 0.0355. The lowest BCUT2D eigenvalue weighted by Crippen LogP contribution is -2.54. The monoisotopic (exact) mass is 292 g/mol. The maximum atomic E-state index is 12.0. The quantitative estimate of drug-likeness (QED) is 0.579. The average molecular weight is 292 g/mol. The molecule has 0 aromatic heterocycles. The Morgan fingerprint density at radius 2 is 1.84 bits per heavy atom. The summed E-state index contributed by atoms with van der Waals surface area (Å²) >= 11 is 0. The van der Waals surface area contributed by atoms with Gasteiger partial charge in [0.2, 0.25) is 5.91 Å². The van der Waals surface area contributed by atoms with E-state index in [0.717, 1.165) is 0 Å². The van der Waals surface area contributed by atoms with Crippen LogP contribution in [-0.4, -0.2) is 57.4 Å². The van der Waals surface area contributed by atoms with Crippen LogP contribution in [0.1, 0.15) is 20.8 Å². The predicted molar refractivity (Wildman–Crippen MR) is 73.8 cm³/mol. The van der Waals surface area contributed by atoms with Crippen LogP contribution in [0.4, 0.5) is 0 Å². The fourth-order valence-corrected chi connectivity index (χ4v) is 3.06. The molecule has 1 amide bonds. The summed E-state index contributed by atoms with van der Waals surface area (Å²) < 4.78 is 27.9. The van der Waals surface area contributed by atoms with Gasteiger partial charge in [0, 0.05) is 32.7 Å². The van der Waals surface area contributed by atoms with E-state index in [2.05, 4.69) is 15.4 Å². The maximum Gasteiger partial charge on any atom is 0.280 e. The van der Waals surface area contributed by atoms with Crippen LogP contribution in [0, 0.1) is 5.92 Å². The lowest BCUT2D eigenvalue weighted by atomic mass is 10.2. The van der Waals surface area contributed by atoms with Crippen molar-refractivity contribution in [2.75, 3.05) is 32.7 Å². The predicted octanol–water partition coefficient (Wildman–Crippen LogP) is -1.11. The molecule has 7 nitrogen and oxygen atoms in total. The molecule has 112 valence electrons. The van der Waals surface area contributed by atoms with Crippen LogP contribution in [0.2, 0.25) is 0 Å². The first-order valence-corrected chi connectivity index (χ1v) is 8.02. The van der Waals surface area contributed by atoms with Gasteiger partial charge >= 0.3 is 0 Å². The second-order valence-corrected chi connectivity index (χ2v) is 6.83. The topological polar surface area (TPSA) is 90.5 Å². The second kappa shape index (κ2) is 7.18. The zero-order valence-electron chi connectivity index (χ0n) is 11.8. The number of amides is 1. The summed E-state index contributed by atoms with van der Waals surface area (Å²) in [5, 5.41) is 5.79. The summed E-state index contributed by atoms with van der Waals surface area (Å²) in [5.41, 5.74) is 0. The zero-order valence-corrected chi connectivity index (χ0v) is 12.6. The van der Waals surface area contributed by atoms with Gasteiger partial charge in [-0.15, -0.1) is 0 Å². The first-order chi connectivity index (χ1) is 8.83. The zero-order chi connectivity index (χ0) is 14.5. The van der Waals surface area contributed by atoms with Crippen molar-refractivity contribution in [2.45, 2.75) is 26.8 Å². The standard InChI is InChI=1S/C11H24N4O3S/c1-9(2)8-13-11(16)10(3)14-19(17,18)15-6-4-12-5-7-15/h9-10,12,14H,4-8H2,1-3H3,(H,13,16). The highest BCUT2D eigenvalue weighted by molar-refractivity contribution is 7.87. The number of nitrogens with zero attached hydrogens (tertiary/aromatic N) is 1. The van der Waals surface area contributed by atoms with E-state index in [-0.39, 0.29) is 5.91 Å². The molecular weight excluding hydrogens is 268 g/mol. The molecule has 0 aliphatic carbocycles. The summed E-state index contributed by atoms with van der Waals surface area (Å²) in [6.45, 7) is 8.18. The highest BCUT2D eigenvalue weighted by Gasteiger charge is 2.27. The van der Waals surface area contributed by atoms with E-state index in [9.17, 15) is 13.2 Å². The van der Waals surface area contributed by atoms with Gasteiger partial charge in [0.25, 0.3) is 10.2 Å². The Hall–Kier alpha value is -0.700. The minimum absolute atomic E-state index is 0.299. The van der Waals surface area contributed by atoms with E-state index in [0.29, 0.717) is 38.6 Å². The number of hydrogen-bond donors (Lipinski definition) is 3. The van der Waals surface area contributed by atoms with E-state index in [1.54, 1.807) is 6.92 Å². The molecule has 1 heterocycles. The minimum Gasteiger partial charge on any atom is -0.354 e. The molecule has 1 unspecified atom stereocenters. The third kappa shape index (κ3) is 5.43. The van der Waals surface area contributed by atoms with Gasteiger partial charge < -0.3 is 10.6 Å². The van der Waals surface area contributed by atoms with E-state index in [4.69, 9.17) is 0 Å². The molecule has 1 rings (SSSR count). The van der Waals surface area contributed by atoms with Crippen LogP contribution in [-0.2, 0) is 15.0 Å². The van der Waals surface area contributed by atoms with Crippen LogP contribution in [0.5, 0.6) is 0 Å². The fourth-order valence-electron chi connectivity index (χ4n) is 1.69. The van der Waals surface area contributed by atoms with Crippen molar-refractivity contribution < 1.29 is 13.2 Å². The lowest BCUT2D eigenvalue weighted by Gasteiger charge is -2.28.